The van der Waals surface area contributed by atoms with Crippen molar-refractivity contribution in [1.29, 1.82) is 0 Å². The highest BCUT2D eigenvalue weighted by molar-refractivity contribution is 7.17. The first-order valence-corrected chi connectivity index (χ1v) is 5.66. The van der Waals surface area contributed by atoms with Gasteiger partial charge in [0.15, 0.2) is 5.13 Å². The van der Waals surface area contributed by atoms with Gasteiger partial charge in [-0.2, -0.15) is 10.2 Å². The molecule has 0 aromatic carbocycles. The molecular formula is C10H10N4O2S. The average Bonchev–Trinajstić information content (AvgIpc) is 2.85. The molecule has 0 bridgehead atoms. The number of aromatic nitrogens is 3. The van der Waals surface area contributed by atoms with E-state index in [1.165, 1.54) is 24.6 Å². The van der Waals surface area contributed by atoms with Gasteiger partial charge in [-0.25, -0.2) is 9.78 Å². The summed E-state index contributed by atoms with van der Waals surface area (Å²) in [5.74, 6) is -0.380. The molecule has 1 N–H and O–H groups in total. The number of nitrogens with zero attached hydrogens (tertiary/aromatic N) is 3. The first-order chi connectivity index (χ1) is 8.29. The third kappa shape index (κ3) is 2.97. The Morgan fingerprint density at radius 3 is 3.18 bits per heavy atom. The van der Waals surface area contributed by atoms with E-state index in [0.29, 0.717) is 16.6 Å². The zero-order valence-electron chi connectivity index (χ0n) is 9.08. The molecule has 0 aliphatic heterocycles. The first-order valence-electron chi connectivity index (χ1n) is 4.84. The van der Waals surface area contributed by atoms with Gasteiger partial charge < -0.3 is 10.1 Å². The van der Waals surface area contributed by atoms with E-state index in [4.69, 9.17) is 0 Å². The van der Waals surface area contributed by atoms with Crippen molar-refractivity contribution in [1.82, 2.24) is 15.2 Å². The van der Waals surface area contributed by atoms with Crippen LogP contribution in [0.3, 0.4) is 0 Å². The zero-order valence-corrected chi connectivity index (χ0v) is 9.90. The Bertz CT molecular complexity index is 500. The van der Waals surface area contributed by atoms with Crippen molar-refractivity contribution in [2.24, 2.45) is 0 Å². The summed E-state index contributed by atoms with van der Waals surface area (Å²) in [6, 6.07) is 3.67. The third-order valence-electron chi connectivity index (χ3n) is 1.94. The quantitative estimate of drug-likeness (QED) is 0.825. The van der Waals surface area contributed by atoms with Gasteiger partial charge in [0.1, 0.15) is 4.88 Å². The summed E-state index contributed by atoms with van der Waals surface area (Å²) in [5, 5.41) is 11.4. The summed E-state index contributed by atoms with van der Waals surface area (Å²) in [5.41, 5.74) is 0.808. The third-order valence-corrected chi connectivity index (χ3v) is 2.88. The number of carbonyl (C=O) groups excluding carboxylic acids is 1. The molecule has 17 heavy (non-hydrogen) atoms. The Labute approximate surface area is 102 Å². The minimum Gasteiger partial charge on any atom is -0.465 e. The lowest BCUT2D eigenvalue weighted by molar-refractivity contribution is 0.0606. The predicted molar refractivity (Wildman–Crippen MR) is 62.8 cm³/mol. The standard InChI is InChI=1S/C10H10N4O2S/c1-16-9(15)8-6-12-10(17-8)11-5-7-3-2-4-13-14-7/h2-4,6H,5H2,1H3,(H,11,12). The van der Waals surface area contributed by atoms with Gasteiger partial charge in [0, 0.05) is 6.20 Å². The maximum Gasteiger partial charge on any atom is 0.349 e. The van der Waals surface area contributed by atoms with E-state index in [2.05, 4.69) is 25.2 Å². The fourth-order valence-corrected chi connectivity index (χ4v) is 1.87. The van der Waals surface area contributed by atoms with E-state index >= 15 is 0 Å². The number of methoxy groups -OCH3 is 1. The van der Waals surface area contributed by atoms with Gasteiger partial charge in [-0.1, -0.05) is 11.3 Å². The van der Waals surface area contributed by atoms with Gasteiger partial charge in [0.05, 0.1) is 25.5 Å². The van der Waals surface area contributed by atoms with Crippen molar-refractivity contribution in [3.63, 3.8) is 0 Å². The van der Waals surface area contributed by atoms with Gasteiger partial charge in [0.2, 0.25) is 0 Å². The summed E-state index contributed by atoms with van der Waals surface area (Å²) >= 11 is 1.24. The number of ether oxygens (including phenoxy) is 1. The van der Waals surface area contributed by atoms with Gasteiger partial charge >= 0.3 is 5.97 Å². The SMILES string of the molecule is COC(=O)c1cnc(NCc2cccnn2)s1. The normalized spacial score (nSPS) is 9.94. The molecular weight excluding hydrogens is 240 g/mol. The van der Waals surface area contributed by atoms with Crippen molar-refractivity contribution in [3.8, 4) is 0 Å². The van der Waals surface area contributed by atoms with Crippen molar-refractivity contribution in [2.45, 2.75) is 6.54 Å². The van der Waals surface area contributed by atoms with Crippen LogP contribution in [0, 0.1) is 0 Å². The maximum absolute atomic E-state index is 11.2. The molecule has 0 saturated carbocycles. The van der Waals surface area contributed by atoms with Crippen molar-refractivity contribution in [2.75, 3.05) is 12.4 Å². The highest BCUT2D eigenvalue weighted by Gasteiger charge is 2.10. The topological polar surface area (TPSA) is 77.0 Å². The number of esters is 1. The second-order valence-corrected chi connectivity index (χ2v) is 4.12. The van der Waals surface area contributed by atoms with Gasteiger partial charge in [-0.15, -0.1) is 0 Å². The van der Waals surface area contributed by atoms with Gasteiger partial charge in [0.25, 0.3) is 0 Å². The molecule has 88 valence electrons. The van der Waals surface area contributed by atoms with Crippen molar-refractivity contribution in [3.05, 3.63) is 35.1 Å². The fourth-order valence-electron chi connectivity index (χ4n) is 1.14. The van der Waals surface area contributed by atoms with Crippen LogP contribution in [0.1, 0.15) is 15.4 Å². The Hall–Kier alpha value is -2.02. The Balaban J connectivity index is 1.96. The Kier molecular flexibility index (Phi) is 3.61. The predicted octanol–water partition coefficient (Wildman–Crippen LogP) is 1.33. The molecule has 2 heterocycles. The monoisotopic (exact) mass is 250 g/mol. The van der Waals surface area contributed by atoms with E-state index < -0.39 is 0 Å². The van der Waals surface area contributed by atoms with Crippen LogP contribution in [0.4, 0.5) is 5.13 Å². The highest BCUT2D eigenvalue weighted by Crippen LogP contribution is 2.19. The molecule has 0 unspecified atom stereocenters. The van der Waals surface area contributed by atoms with E-state index in [1.54, 1.807) is 6.20 Å². The smallest absolute Gasteiger partial charge is 0.349 e. The lowest BCUT2D eigenvalue weighted by atomic mass is 10.4. The number of nitrogens with one attached hydrogen (secondary N) is 1. The lowest BCUT2D eigenvalue weighted by Crippen LogP contribution is -2.01. The molecule has 0 spiro atoms. The summed E-state index contributed by atoms with van der Waals surface area (Å²) in [6.45, 7) is 0.516. The van der Waals surface area contributed by atoms with E-state index in [1.807, 2.05) is 12.1 Å². The van der Waals surface area contributed by atoms with Crippen LogP contribution in [0.5, 0.6) is 0 Å². The number of rotatable bonds is 4. The average molecular weight is 250 g/mol. The van der Waals surface area contributed by atoms with Crippen LogP contribution in [0.2, 0.25) is 0 Å². The van der Waals surface area contributed by atoms with Crippen molar-refractivity contribution >= 4 is 22.4 Å². The molecule has 2 aromatic rings. The second-order valence-electron chi connectivity index (χ2n) is 3.09. The van der Waals surface area contributed by atoms with Crippen molar-refractivity contribution < 1.29 is 9.53 Å². The minimum atomic E-state index is -0.380. The van der Waals surface area contributed by atoms with Crippen LogP contribution < -0.4 is 5.32 Å². The van der Waals surface area contributed by atoms with Gasteiger partial charge in [-0.3, -0.25) is 0 Å². The molecule has 0 aliphatic rings. The Morgan fingerprint density at radius 1 is 1.59 bits per heavy atom. The number of hydrogen-bond donors (Lipinski definition) is 1. The summed E-state index contributed by atoms with van der Waals surface area (Å²) in [4.78, 5) is 15.7. The highest BCUT2D eigenvalue weighted by atomic mass is 32.1. The summed E-state index contributed by atoms with van der Waals surface area (Å²) in [7, 11) is 1.34. The molecule has 0 atom stereocenters. The molecule has 0 saturated heterocycles. The number of thiazole rings is 1. The molecule has 0 amide bonds. The molecule has 0 aliphatic carbocycles. The van der Waals surface area contributed by atoms with Crippen LogP contribution in [-0.2, 0) is 11.3 Å². The largest absolute Gasteiger partial charge is 0.465 e. The first kappa shape index (κ1) is 11.5. The van der Waals surface area contributed by atoms with Crippen LogP contribution in [0.15, 0.2) is 24.5 Å². The fraction of sp³-hybridized carbons (Fsp3) is 0.200. The van der Waals surface area contributed by atoms with Crippen LogP contribution in [0.25, 0.3) is 0 Å². The maximum atomic E-state index is 11.2. The minimum absolute atomic E-state index is 0.380. The van der Waals surface area contributed by atoms with E-state index in [9.17, 15) is 4.79 Å². The number of carbonyl (C=O) groups is 1. The summed E-state index contributed by atoms with van der Waals surface area (Å²) in [6.07, 6.45) is 3.09. The van der Waals surface area contributed by atoms with Gasteiger partial charge in [-0.05, 0) is 12.1 Å². The zero-order chi connectivity index (χ0) is 12.1. The molecule has 7 heteroatoms. The molecule has 0 radical (unpaired) electrons. The number of hydrogen-bond acceptors (Lipinski definition) is 7. The molecule has 2 rings (SSSR count). The molecule has 0 fully saturated rings. The van der Waals surface area contributed by atoms with E-state index in [-0.39, 0.29) is 5.97 Å². The van der Waals surface area contributed by atoms with E-state index in [0.717, 1.165) is 5.69 Å². The lowest BCUT2D eigenvalue weighted by Gasteiger charge is -1.99. The second kappa shape index (κ2) is 5.35. The Morgan fingerprint density at radius 2 is 2.47 bits per heavy atom. The summed E-state index contributed by atoms with van der Waals surface area (Å²) < 4.78 is 4.59. The van der Waals surface area contributed by atoms with Crippen LogP contribution >= 0.6 is 11.3 Å². The molecule has 2 aromatic heterocycles. The number of anilines is 1. The van der Waals surface area contributed by atoms with Crippen LogP contribution in [-0.4, -0.2) is 28.3 Å². The molecule has 6 nitrogen and oxygen atoms in total.